The normalized spacial score (nSPS) is 10.6. The number of unbranched alkanes of at least 4 members (excludes halogenated alkanes) is 1. The van der Waals surface area contributed by atoms with E-state index in [2.05, 4.69) is 37.5 Å². The van der Waals surface area contributed by atoms with Gasteiger partial charge >= 0.3 is 0 Å². The second-order valence-corrected chi connectivity index (χ2v) is 7.80. The molecule has 33 heavy (non-hydrogen) atoms. The Morgan fingerprint density at radius 2 is 1.79 bits per heavy atom. The smallest absolute Gasteiger partial charge is 0.255 e. The van der Waals surface area contributed by atoms with Crippen molar-refractivity contribution in [3.05, 3.63) is 90.1 Å². The van der Waals surface area contributed by atoms with Gasteiger partial charge in [-0.25, -0.2) is 19.9 Å². The average Bonchev–Trinajstić information content (AvgIpc) is 2.86. The lowest BCUT2D eigenvalue weighted by Gasteiger charge is -2.12. The molecule has 0 atom stereocenters. The van der Waals surface area contributed by atoms with Crippen molar-refractivity contribution in [3.63, 3.8) is 0 Å². The van der Waals surface area contributed by atoms with Crippen LogP contribution in [0.5, 0.6) is 0 Å². The maximum absolute atomic E-state index is 12.7. The Hall–Kier alpha value is -4.13. The number of hydrogen-bond donors (Lipinski definition) is 2. The first-order valence-electron chi connectivity index (χ1n) is 11.0. The van der Waals surface area contributed by atoms with Gasteiger partial charge in [0, 0.05) is 41.1 Å². The average molecular weight is 439 g/mol. The highest BCUT2D eigenvalue weighted by molar-refractivity contribution is 6.04. The van der Waals surface area contributed by atoms with Crippen LogP contribution >= 0.6 is 0 Å². The molecule has 0 spiro atoms. The number of nitrogens with zero attached hydrogens (tertiary/aromatic N) is 4. The Labute approximate surface area is 193 Å². The van der Waals surface area contributed by atoms with E-state index in [4.69, 9.17) is 0 Å². The molecule has 0 radical (unpaired) electrons. The Morgan fingerprint density at radius 3 is 2.55 bits per heavy atom. The van der Waals surface area contributed by atoms with Crippen LogP contribution in [0.15, 0.2) is 73.4 Å². The summed E-state index contributed by atoms with van der Waals surface area (Å²) in [6.45, 7) is 4.16. The molecule has 1 amide bonds. The molecule has 2 aromatic heterocycles. The van der Waals surface area contributed by atoms with Gasteiger partial charge in [-0.2, -0.15) is 0 Å². The molecule has 2 heterocycles. The highest BCUT2D eigenvalue weighted by Crippen LogP contribution is 2.24. The maximum atomic E-state index is 12.7. The topological polar surface area (TPSA) is 92.7 Å². The third kappa shape index (κ3) is 5.77. The molecular weight excluding hydrogens is 412 g/mol. The number of aryl methyl sites for hydroxylation is 2. The zero-order chi connectivity index (χ0) is 23.0. The minimum absolute atomic E-state index is 0.144. The van der Waals surface area contributed by atoms with Gasteiger partial charge in [-0.1, -0.05) is 31.5 Å². The minimum Gasteiger partial charge on any atom is -0.324 e. The van der Waals surface area contributed by atoms with Gasteiger partial charge in [0.1, 0.15) is 6.33 Å². The molecule has 7 heteroatoms. The molecule has 0 aliphatic carbocycles. The number of nitrogens with one attached hydrogen (secondary N) is 2. The number of anilines is 3. The van der Waals surface area contributed by atoms with Gasteiger partial charge in [0.2, 0.25) is 5.95 Å². The summed E-state index contributed by atoms with van der Waals surface area (Å²) in [5, 5.41) is 6.22. The maximum Gasteiger partial charge on any atom is 0.255 e. The van der Waals surface area contributed by atoms with E-state index < -0.39 is 0 Å². The van der Waals surface area contributed by atoms with Crippen LogP contribution in [0.4, 0.5) is 17.3 Å². The Kier molecular flexibility index (Phi) is 6.99. The van der Waals surface area contributed by atoms with Gasteiger partial charge < -0.3 is 10.6 Å². The first-order chi connectivity index (χ1) is 16.1. The molecular formula is C26H26N6O. The van der Waals surface area contributed by atoms with Crippen molar-refractivity contribution in [2.45, 2.75) is 33.1 Å². The molecule has 0 fully saturated rings. The molecule has 2 aromatic carbocycles. The summed E-state index contributed by atoms with van der Waals surface area (Å²) in [7, 11) is 0. The van der Waals surface area contributed by atoms with E-state index in [-0.39, 0.29) is 5.91 Å². The SMILES string of the molecule is CCCCc1ccc(C(=O)Nc2ccc(C)c(Nc3nccc(-c4cncnc4)n3)c2)cc1. The summed E-state index contributed by atoms with van der Waals surface area (Å²) in [6.07, 6.45) is 9.91. The van der Waals surface area contributed by atoms with Gasteiger partial charge in [0.25, 0.3) is 5.91 Å². The summed E-state index contributed by atoms with van der Waals surface area (Å²) >= 11 is 0. The lowest BCUT2D eigenvalue weighted by Crippen LogP contribution is -2.12. The van der Waals surface area contributed by atoms with Crippen LogP contribution in [0.2, 0.25) is 0 Å². The van der Waals surface area contributed by atoms with E-state index >= 15 is 0 Å². The first-order valence-corrected chi connectivity index (χ1v) is 11.0. The van der Waals surface area contributed by atoms with Crippen LogP contribution in [0, 0.1) is 6.92 Å². The van der Waals surface area contributed by atoms with Gasteiger partial charge in [0.05, 0.1) is 5.69 Å². The Bertz CT molecular complexity index is 1230. The van der Waals surface area contributed by atoms with Gasteiger partial charge in [-0.05, 0) is 61.2 Å². The number of carbonyl (C=O) groups excluding carboxylic acids is 1. The predicted octanol–water partition coefficient (Wildman–Crippen LogP) is 5.58. The molecule has 2 N–H and O–H groups in total. The molecule has 0 saturated carbocycles. The van der Waals surface area contributed by atoms with E-state index in [9.17, 15) is 4.79 Å². The summed E-state index contributed by atoms with van der Waals surface area (Å²) < 4.78 is 0. The fourth-order valence-corrected chi connectivity index (χ4v) is 3.37. The number of hydrogen-bond acceptors (Lipinski definition) is 6. The lowest BCUT2D eigenvalue weighted by molar-refractivity contribution is 0.102. The molecule has 0 unspecified atom stereocenters. The van der Waals surface area contributed by atoms with Crippen LogP contribution in [-0.2, 0) is 6.42 Å². The fourth-order valence-electron chi connectivity index (χ4n) is 3.37. The van der Waals surface area contributed by atoms with Crippen LogP contribution in [0.1, 0.15) is 41.3 Å². The molecule has 7 nitrogen and oxygen atoms in total. The molecule has 166 valence electrons. The van der Waals surface area contributed by atoms with E-state index in [0.717, 1.165) is 41.8 Å². The lowest BCUT2D eigenvalue weighted by atomic mass is 10.1. The second kappa shape index (κ2) is 10.5. The Balaban J connectivity index is 1.47. The molecule has 4 rings (SSSR count). The van der Waals surface area contributed by atoms with Gasteiger partial charge in [-0.15, -0.1) is 0 Å². The van der Waals surface area contributed by atoms with Crippen LogP contribution in [-0.4, -0.2) is 25.8 Å². The van der Waals surface area contributed by atoms with Crippen molar-refractivity contribution >= 4 is 23.2 Å². The summed E-state index contributed by atoms with van der Waals surface area (Å²) in [5.74, 6) is 0.305. The van der Waals surface area contributed by atoms with Crippen molar-refractivity contribution in [2.75, 3.05) is 10.6 Å². The van der Waals surface area contributed by atoms with E-state index in [1.54, 1.807) is 24.7 Å². The molecule has 0 saturated heterocycles. The van der Waals surface area contributed by atoms with Crippen molar-refractivity contribution in [1.82, 2.24) is 19.9 Å². The molecule has 0 aliphatic rings. The molecule has 0 bridgehead atoms. The fraction of sp³-hybridized carbons (Fsp3) is 0.192. The van der Waals surface area contributed by atoms with Crippen LogP contribution in [0.25, 0.3) is 11.3 Å². The highest BCUT2D eigenvalue weighted by atomic mass is 16.1. The van der Waals surface area contributed by atoms with E-state index in [0.29, 0.717) is 17.2 Å². The first kappa shape index (κ1) is 22.1. The molecule has 4 aromatic rings. The minimum atomic E-state index is -0.144. The third-order valence-electron chi connectivity index (χ3n) is 5.29. The van der Waals surface area contributed by atoms with Crippen LogP contribution < -0.4 is 10.6 Å². The van der Waals surface area contributed by atoms with Crippen LogP contribution in [0.3, 0.4) is 0 Å². The zero-order valence-corrected chi connectivity index (χ0v) is 18.7. The number of aromatic nitrogens is 4. The number of rotatable bonds is 8. The van der Waals surface area contributed by atoms with Gasteiger partial charge in [-0.3, -0.25) is 4.79 Å². The number of benzene rings is 2. The van der Waals surface area contributed by atoms with Crippen molar-refractivity contribution in [1.29, 1.82) is 0 Å². The largest absolute Gasteiger partial charge is 0.324 e. The standard InChI is InChI=1S/C26H26N6O/c1-3-4-5-19-7-9-20(10-8-19)25(33)30-22-11-6-18(2)24(14-22)32-26-29-13-12-23(31-26)21-15-27-17-28-16-21/h6-17H,3-5H2,1-2H3,(H,30,33)(H,29,31,32). The Morgan fingerprint density at radius 1 is 1.00 bits per heavy atom. The van der Waals surface area contributed by atoms with Gasteiger partial charge in [0.15, 0.2) is 0 Å². The quantitative estimate of drug-likeness (QED) is 0.373. The monoisotopic (exact) mass is 438 g/mol. The second-order valence-electron chi connectivity index (χ2n) is 7.80. The van der Waals surface area contributed by atoms with Crippen molar-refractivity contribution in [2.24, 2.45) is 0 Å². The zero-order valence-electron chi connectivity index (χ0n) is 18.7. The van der Waals surface area contributed by atoms with Crippen molar-refractivity contribution < 1.29 is 4.79 Å². The summed E-state index contributed by atoms with van der Waals surface area (Å²) in [5.41, 5.74) is 5.91. The van der Waals surface area contributed by atoms with E-state index in [1.165, 1.54) is 11.9 Å². The highest BCUT2D eigenvalue weighted by Gasteiger charge is 2.09. The summed E-state index contributed by atoms with van der Waals surface area (Å²) in [6, 6.07) is 15.3. The van der Waals surface area contributed by atoms with Crippen molar-refractivity contribution in [3.8, 4) is 11.3 Å². The summed E-state index contributed by atoms with van der Waals surface area (Å²) in [4.78, 5) is 29.7. The van der Waals surface area contributed by atoms with E-state index in [1.807, 2.05) is 49.4 Å². The predicted molar refractivity (Wildman–Crippen MR) is 131 cm³/mol. The number of carbonyl (C=O) groups is 1. The third-order valence-corrected chi connectivity index (χ3v) is 5.29. The number of amides is 1. The molecule has 0 aliphatic heterocycles.